The number of para-hydroxylation sites is 1. The van der Waals surface area contributed by atoms with Crippen molar-refractivity contribution in [1.29, 1.82) is 0 Å². The Morgan fingerprint density at radius 2 is 1.78 bits per heavy atom. The number of benzene rings is 3. The van der Waals surface area contributed by atoms with Gasteiger partial charge in [-0.2, -0.15) is 5.06 Å². The molecule has 4 aliphatic rings. The number of nitrogens with zero attached hydrogens (tertiary/aromatic N) is 2. The molecular formula is C41H53N3O6. The van der Waals surface area contributed by atoms with Gasteiger partial charge in [0.1, 0.15) is 17.9 Å². The van der Waals surface area contributed by atoms with Crippen LogP contribution >= 0.6 is 0 Å². The molecule has 3 aromatic rings. The number of ether oxygens (including phenoxy) is 1. The summed E-state index contributed by atoms with van der Waals surface area (Å²) in [5.74, 6) is 1.28. The summed E-state index contributed by atoms with van der Waals surface area (Å²) < 4.78 is 5.97. The molecule has 9 heteroatoms. The van der Waals surface area contributed by atoms with Crippen LogP contribution in [0.3, 0.4) is 0 Å². The second kappa shape index (κ2) is 14.8. The number of hydrogen-bond acceptors (Lipinski definition) is 7. The van der Waals surface area contributed by atoms with Gasteiger partial charge in [0.15, 0.2) is 0 Å². The molecule has 0 aromatic heterocycles. The van der Waals surface area contributed by atoms with Crippen molar-refractivity contribution < 1.29 is 29.4 Å². The van der Waals surface area contributed by atoms with E-state index >= 15 is 0 Å². The third-order valence-electron chi connectivity index (χ3n) is 12.1. The van der Waals surface area contributed by atoms with Crippen molar-refractivity contribution in [1.82, 2.24) is 15.3 Å². The number of carbonyl (C=O) groups is 2. The zero-order valence-corrected chi connectivity index (χ0v) is 30.2. The van der Waals surface area contributed by atoms with Gasteiger partial charge in [-0.1, -0.05) is 81.4 Å². The number of hydroxylamine groups is 2. The Morgan fingerprint density at radius 3 is 2.40 bits per heavy atom. The molecule has 2 bridgehead atoms. The van der Waals surface area contributed by atoms with Gasteiger partial charge in [-0.3, -0.25) is 14.4 Å². The summed E-state index contributed by atoms with van der Waals surface area (Å²) >= 11 is 0. The fourth-order valence-electron chi connectivity index (χ4n) is 8.89. The van der Waals surface area contributed by atoms with Crippen LogP contribution in [0.4, 0.5) is 0 Å². The summed E-state index contributed by atoms with van der Waals surface area (Å²) in [6.45, 7) is 9.06. The number of hydrogen-bond donors (Lipinski definition) is 3. The van der Waals surface area contributed by atoms with Crippen LogP contribution < -0.4 is 10.1 Å². The van der Waals surface area contributed by atoms with Crippen LogP contribution in [0, 0.1) is 29.1 Å². The maximum absolute atomic E-state index is 14.1. The van der Waals surface area contributed by atoms with Gasteiger partial charge in [-0.25, -0.2) is 0 Å². The van der Waals surface area contributed by atoms with Crippen molar-refractivity contribution in [3.63, 3.8) is 0 Å². The van der Waals surface area contributed by atoms with E-state index in [1.165, 1.54) is 12.0 Å². The van der Waals surface area contributed by atoms with Gasteiger partial charge in [0.25, 0.3) is 5.91 Å². The lowest BCUT2D eigenvalue weighted by Crippen LogP contribution is -2.62. The standard InChI is InChI=1S/C41H53N3O6/c1-25-33-21-31(41(33,3)4)22-34(25)42-39(47)37-36(26(2)46)35(24-45)50-44(37)23-30-13-10-14-32(38(30)49-6)28-15-17-29(18-16-28)40(48)43(5)20-19-27-11-8-7-9-12-27/h7-18,25-26,31,33-37,45-46H,19-24H2,1-6H3,(H,42,47)/t25-,26?,31+,33-,34-,35-,36?,37-/m0/s1. The number of methoxy groups -OCH3 is 1. The maximum atomic E-state index is 14.1. The number of aliphatic hydroxyl groups is 2. The van der Waals surface area contributed by atoms with Gasteiger partial charge < -0.3 is 25.2 Å². The number of rotatable bonds is 12. The molecule has 2 unspecified atom stereocenters. The van der Waals surface area contributed by atoms with Gasteiger partial charge >= 0.3 is 0 Å². The smallest absolute Gasteiger partial charge is 0.253 e. The molecular weight excluding hydrogens is 630 g/mol. The third-order valence-corrected chi connectivity index (χ3v) is 12.1. The summed E-state index contributed by atoms with van der Waals surface area (Å²) in [5.41, 5.74) is 4.60. The molecule has 1 saturated heterocycles. The first-order valence-corrected chi connectivity index (χ1v) is 18.0. The Kier molecular flexibility index (Phi) is 10.7. The zero-order chi connectivity index (χ0) is 35.7. The zero-order valence-electron chi connectivity index (χ0n) is 30.2. The van der Waals surface area contributed by atoms with Gasteiger partial charge in [-0.05, 0) is 72.6 Å². The highest BCUT2D eigenvalue weighted by atomic mass is 16.7. The topological polar surface area (TPSA) is 112 Å². The second-order valence-corrected chi connectivity index (χ2v) is 15.3. The van der Waals surface area contributed by atoms with Crippen LogP contribution in [-0.4, -0.2) is 83.6 Å². The lowest BCUT2D eigenvalue weighted by molar-refractivity contribution is -0.183. The van der Waals surface area contributed by atoms with Crippen LogP contribution in [0.1, 0.15) is 62.0 Å². The first-order valence-electron chi connectivity index (χ1n) is 18.0. The highest BCUT2D eigenvalue weighted by molar-refractivity contribution is 5.94. The molecule has 1 heterocycles. The van der Waals surface area contributed by atoms with Crippen molar-refractivity contribution in [2.45, 2.75) is 77.8 Å². The molecule has 268 valence electrons. The predicted molar refractivity (Wildman–Crippen MR) is 193 cm³/mol. The maximum Gasteiger partial charge on any atom is 0.253 e. The van der Waals surface area contributed by atoms with E-state index in [1.54, 1.807) is 24.0 Å². The summed E-state index contributed by atoms with van der Waals surface area (Å²) in [4.78, 5) is 35.3. The van der Waals surface area contributed by atoms with Crippen molar-refractivity contribution in [2.75, 3.05) is 27.3 Å². The molecule has 8 atom stereocenters. The first kappa shape index (κ1) is 36.0. The molecule has 4 fully saturated rings. The molecule has 7 rings (SSSR count). The molecule has 9 nitrogen and oxygen atoms in total. The van der Waals surface area contributed by atoms with Gasteiger partial charge in [0.05, 0.1) is 26.4 Å². The summed E-state index contributed by atoms with van der Waals surface area (Å²) in [6.07, 6.45) is 1.33. The van der Waals surface area contributed by atoms with Crippen molar-refractivity contribution in [2.24, 2.45) is 29.1 Å². The monoisotopic (exact) mass is 683 g/mol. The molecule has 0 spiro atoms. The molecule has 3 aromatic carbocycles. The van der Waals surface area contributed by atoms with Crippen molar-refractivity contribution in [3.8, 4) is 16.9 Å². The van der Waals surface area contributed by atoms with Gasteiger partial charge in [-0.15, -0.1) is 0 Å². The van der Waals surface area contributed by atoms with E-state index in [4.69, 9.17) is 9.57 Å². The quantitative estimate of drug-likeness (QED) is 0.237. The minimum Gasteiger partial charge on any atom is -0.496 e. The number of likely N-dealkylation sites (N-methyl/N-ethyl adjacent to an activating group) is 1. The average Bonchev–Trinajstić information content (AvgIpc) is 3.50. The Hall–Kier alpha value is -3.76. The molecule has 3 N–H and O–H groups in total. The fourth-order valence-corrected chi connectivity index (χ4v) is 8.89. The van der Waals surface area contributed by atoms with Crippen LogP contribution in [-0.2, 0) is 22.6 Å². The predicted octanol–water partition coefficient (Wildman–Crippen LogP) is 5.34. The number of aliphatic hydroxyl groups excluding tert-OH is 2. The second-order valence-electron chi connectivity index (χ2n) is 15.3. The molecule has 0 radical (unpaired) electrons. The minimum absolute atomic E-state index is 0.0434. The SMILES string of the molecule is COc1c(CN2O[C@@H](CO)C(C(C)O)[C@H]2C(=O)N[C@H]2C[C@H]3C[C@@H]([C@@H]2C)C3(C)C)cccc1-c1ccc(C(=O)N(C)CCc2ccccc2)cc1. The molecule has 50 heavy (non-hydrogen) atoms. The highest BCUT2D eigenvalue weighted by Gasteiger charge is 2.57. The summed E-state index contributed by atoms with van der Waals surface area (Å²) in [7, 11) is 3.44. The summed E-state index contributed by atoms with van der Waals surface area (Å²) in [6, 6.07) is 22.7. The highest BCUT2D eigenvalue weighted by Crippen LogP contribution is 2.61. The largest absolute Gasteiger partial charge is 0.496 e. The van der Waals surface area contributed by atoms with Crippen LogP contribution in [0.25, 0.3) is 11.1 Å². The molecule has 3 aliphatic carbocycles. The van der Waals surface area contributed by atoms with E-state index < -0.39 is 24.2 Å². The van der Waals surface area contributed by atoms with Crippen molar-refractivity contribution in [3.05, 3.63) is 89.5 Å². The van der Waals surface area contributed by atoms with Crippen molar-refractivity contribution >= 4 is 11.8 Å². The number of amides is 2. The van der Waals surface area contributed by atoms with E-state index in [2.05, 4.69) is 38.2 Å². The molecule has 1 aliphatic heterocycles. The van der Waals surface area contributed by atoms with Gasteiger partial charge in [0, 0.05) is 42.2 Å². The lowest BCUT2D eigenvalue weighted by atomic mass is 9.45. The Bertz CT molecular complexity index is 1640. The third kappa shape index (κ3) is 6.93. The van der Waals surface area contributed by atoms with E-state index in [-0.39, 0.29) is 31.0 Å². The molecule has 2 amide bonds. The normalized spacial score (nSPS) is 27.6. The Morgan fingerprint density at radius 1 is 1.06 bits per heavy atom. The van der Waals surface area contributed by atoms with E-state index in [1.807, 2.05) is 67.7 Å². The number of carbonyl (C=O) groups excluding carboxylic acids is 2. The number of fused-ring (bicyclic) bond motifs is 2. The number of nitrogens with one attached hydrogen (secondary N) is 1. The van der Waals surface area contributed by atoms with Crippen LogP contribution in [0.5, 0.6) is 5.75 Å². The first-order chi connectivity index (χ1) is 23.9. The van der Waals surface area contributed by atoms with Crippen LogP contribution in [0.2, 0.25) is 0 Å². The van der Waals surface area contributed by atoms with Crippen LogP contribution in [0.15, 0.2) is 72.8 Å². The van der Waals surface area contributed by atoms with E-state index in [0.29, 0.717) is 41.0 Å². The van der Waals surface area contributed by atoms with E-state index in [0.717, 1.165) is 29.5 Å². The van der Waals surface area contributed by atoms with Gasteiger partial charge in [0.2, 0.25) is 5.91 Å². The lowest BCUT2D eigenvalue weighted by Gasteiger charge is -2.62. The Labute approximate surface area is 296 Å². The fraction of sp³-hybridized carbons (Fsp3) is 0.512. The Balaban J connectivity index is 1.19. The summed E-state index contributed by atoms with van der Waals surface area (Å²) in [5, 5.41) is 26.1. The average molecular weight is 684 g/mol. The minimum atomic E-state index is -0.879. The van der Waals surface area contributed by atoms with E-state index in [9.17, 15) is 19.8 Å². The molecule has 3 saturated carbocycles.